The molecule has 0 saturated carbocycles. The van der Waals surface area contributed by atoms with Crippen molar-refractivity contribution in [2.45, 2.75) is 49.6 Å². The fourth-order valence-electron chi connectivity index (χ4n) is 5.40. The van der Waals surface area contributed by atoms with E-state index in [9.17, 15) is 4.79 Å². The highest BCUT2D eigenvalue weighted by atomic mass is 32.1. The van der Waals surface area contributed by atoms with Crippen molar-refractivity contribution in [3.05, 3.63) is 47.0 Å². The summed E-state index contributed by atoms with van der Waals surface area (Å²) in [5.74, 6) is 0.539. The number of hydrogen-bond donors (Lipinski definition) is 2. The van der Waals surface area contributed by atoms with Crippen molar-refractivity contribution in [1.29, 1.82) is 0 Å². The fraction of sp³-hybridized carbons (Fsp3) is 0.524. The van der Waals surface area contributed by atoms with Gasteiger partial charge in [0.15, 0.2) is 5.13 Å². The molecular weight excluding hydrogens is 356 g/mol. The van der Waals surface area contributed by atoms with Gasteiger partial charge in [-0.3, -0.25) is 4.79 Å². The lowest BCUT2D eigenvalue weighted by molar-refractivity contribution is -0.137. The van der Waals surface area contributed by atoms with Crippen molar-refractivity contribution in [3.63, 3.8) is 0 Å². The van der Waals surface area contributed by atoms with Crippen LogP contribution >= 0.6 is 11.3 Å². The fourth-order valence-corrected chi connectivity index (χ4v) is 6.06. The lowest BCUT2D eigenvalue weighted by Gasteiger charge is -2.42. The van der Waals surface area contributed by atoms with E-state index >= 15 is 0 Å². The predicted molar refractivity (Wildman–Crippen MR) is 108 cm³/mol. The first-order valence-corrected chi connectivity index (χ1v) is 10.9. The van der Waals surface area contributed by atoms with Gasteiger partial charge in [0, 0.05) is 36.0 Å². The largest absolute Gasteiger partial charge is 0.375 e. The van der Waals surface area contributed by atoms with Crippen LogP contribution in [0.15, 0.2) is 35.7 Å². The average Bonchev–Trinajstić information content (AvgIpc) is 3.45. The molecule has 3 fully saturated rings. The maximum atomic E-state index is 13.1. The highest BCUT2D eigenvalue weighted by molar-refractivity contribution is 7.13. The number of fused-ring (bicyclic) bond motifs is 2. The number of thiazole rings is 1. The lowest BCUT2D eigenvalue weighted by Crippen LogP contribution is -2.49. The van der Waals surface area contributed by atoms with Crippen LogP contribution in [0.4, 0.5) is 5.13 Å². The van der Waals surface area contributed by atoms with Crippen LogP contribution in [0, 0.1) is 5.92 Å². The maximum absolute atomic E-state index is 13.1. The Balaban J connectivity index is 1.38. The topological polar surface area (TPSA) is 71.2 Å². The maximum Gasteiger partial charge on any atom is 0.227 e. The number of benzene rings is 1. The summed E-state index contributed by atoms with van der Waals surface area (Å²) in [6, 6.07) is 11.6. The van der Waals surface area contributed by atoms with E-state index in [1.807, 2.05) is 6.07 Å². The van der Waals surface area contributed by atoms with Crippen molar-refractivity contribution in [1.82, 2.24) is 15.2 Å². The van der Waals surface area contributed by atoms with Crippen LogP contribution in [0.2, 0.25) is 0 Å². The Kier molecular flexibility index (Phi) is 4.20. The van der Waals surface area contributed by atoms with Crippen molar-refractivity contribution < 1.29 is 4.79 Å². The minimum Gasteiger partial charge on any atom is -0.375 e. The second-order valence-electron chi connectivity index (χ2n) is 8.23. The van der Waals surface area contributed by atoms with Crippen molar-refractivity contribution in [2.75, 3.05) is 18.8 Å². The molecule has 0 radical (unpaired) electrons. The number of likely N-dealkylation sites (tertiary alicyclic amines) is 1. The van der Waals surface area contributed by atoms with E-state index in [1.54, 1.807) is 0 Å². The first-order chi connectivity index (χ1) is 13.2. The molecule has 3 saturated heterocycles. The summed E-state index contributed by atoms with van der Waals surface area (Å²) in [5.41, 5.74) is 8.15. The summed E-state index contributed by atoms with van der Waals surface area (Å²) >= 11 is 1.50. The lowest BCUT2D eigenvalue weighted by atomic mass is 9.70. The van der Waals surface area contributed by atoms with Gasteiger partial charge in [0.05, 0.1) is 11.6 Å². The molecule has 5 rings (SSSR count). The highest BCUT2D eigenvalue weighted by Crippen LogP contribution is 2.43. The van der Waals surface area contributed by atoms with Gasteiger partial charge in [0.2, 0.25) is 5.91 Å². The molecule has 2 aromatic rings. The number of nitrogens with one attached hydrogen (secondary N) is 1. The Bertz CT molecular complexity index is 828. The Hall–Kier alpha value is -1.92. The van der Waals surface area contributed by atoms with Gasteiger partial charge in [-0.2, -0.15) is 0 Å². The van der Waals surface area contributed by atoms with E-state index in [0.717, 1.165) is 44.5 Å². The normalized spacial score (nSPS) is 29.2. The number of anilines is 1. The first kappa shape index (κ1) is 17.2. The third-order valence-electron chi connectivity index (χ3n) is 6.88. The molecule has 0 spiro atoms. The minimum absolute atomic E-state index is 0.140. The van der Waals surface area contributed by atoms with Gasteiger partial charge < -0.3 is 16.0 Å². The number of carbonyl (C=O) groups is 1. The Morgan fingerprint density at radius 3 is 2.59 bits per heavy atom. The zero-order valence-electron chi connectivity index (χ0n) is 15.4. The van der Waals surface area contributed by atoms with E-state index in [2.05, 4.69) is 44.8 Å². The number of nitrogens with two attached hydrogens (primary N) is 1. The van der Waals surface area contributed by atoms with Crippen molar-refractivity contribution in [2.24, 2.45) is 5.92 Å². The monoisotopic (exact) mass is 382 g/mol. The van der Waals surface area contributed by atoms with Crippen LogP contribution in [-0.4, -0.2) is 41.0 Å². The third kappa shape index (κ3) is 2.86. The molecule has 1 amide bonds. The number of piperidine rings is 1. The Labute approximate surface area is 164 Å². The average molecular weight is 383 g/mol. The second kappa shape index (κ2) is 6.60. The van der Waals surface area contributed by atoms with Gasteiger partial charge in [0.1, 0.15) is 0 Å². The van der Waals surface area contributed by atoms with E-state index in [0.29, 0.717) is 23.1 Å². The van der Waals surface area contributed by atoms with E-state index in [1.165, 1.54) is 23.3 Å². The molecule has 0 unspecified atom stereocenters. The van der Waals surface area contributed by atoms with Crippen LogP contribution < -0.4 is 11.1 Å². The molecule has 5 nitrogen and oxygen atoms in total. The summed E-state index contributed by atoms with van der Waals surface area (Å²) in [7, 11) is 0. The van der Waals surface area contributed by atoms with Crippen LogP contribution in [-0.2, 0) is 10.2 Å². The first-order valence-electron chi connectivity index (χ1n) is 9.97. The predicted octanol–water partition coefficient (Wildman–Crippen LogP) is 2.77. The Morgan fingerprint density at radius 1 is 1.22 bits per heavy atom. The molecular formula is C21H26N4OS. The molecule has 3 aliphatic rings. The quantitative estimate of drug-likeness (QED) is 0.856. The van der Waals surface area contributed by atoms with E-state index in [-0.39, 0.29) is 11.3 Å². The number of carbonyl (C=O) groups excluding carboxylic acids is 1. The standard InChI is InChI=1S/C21H26N4OS/c22-20-24-18(13-27-20)21(14-4-2-1-3-5-14)8-10-25(11-9-21)19(26)16-12-15-6-7-17(16)23-15/h1-5,13,15-17,23H,6-12H2,(H2,22,24)/t15-,16+,17+/m1/s1. The SMILES string of the molecule is Nc1nc(C2(c3ccccc3)CCN(C(=O)[C@H]3C[C@H]4CC[C@@H]3N4)CC2)cs1. The molecule has 0 aliphatic carbocycles. The number of amides is 1. The molecule has 27 heavy (non-hydrogen) atoms. The van der Waals surface area contributed by atoms with Gasteiger partial charge in [0.25, 0.3) is 0 Å². The van der Waals surface area contributed by atoms with Gasteiger partial charge >= 0.3 is 0 Å². The number of nitrogens with zero attached hydrogens (tertiary/aromatic N) is 2. The zero-order valence-corrected chi connectivity index (χ0v) is 16.3. The smallest absolute Gasteiger partial charge is 0.227 e. The number of aromatic nitrogens is 1. The summed E-state index contributed by atoms with van der Waals surface area (Å²) in [6.45, 7) is 1.58. The third-order valence-corrected chi connectivity index (χ3v) is 7.56. The minimum atomic E-state index is -0.140. The summed E-state index contributed by atoms with van der Waals surface area (Å²) in [6.07, 6.45) is 5.21. The van der Waals surface area contributed by atoms with E-state index < -0.39 is 0 Å². The highest BCUT2D eigenvalue weighted by Gasteiger charge is 2.46. The molecule has 3 N–H and O–H groups in total. The molecule has 3 aliphatic heterocycles. The van der Waals surface area contributed by atoms with Gasteiger partial charge in [-0.15, -0.1) is 11.3 Å². The summed E-state index contributed by atoms with van der Waals surface area (Å²) in [5, 5.41) is 6.31. The van der Waals surface area contributed by atoms with Gasteiger partial charge in [-0.1, -0.05) is 30.3 Å². The molecule has 1 aromatic carbocycles. The molecule has 142 valence electrons. The van der Waals surface area contributed by atoms with Crippen molar-refractivity contribution >= 4 is 22.4 Å². The second-order valence-corrected chi connectivity index (χ2v) is 9.12. The Morgan fingerprint density at radius 2 is 2.00 bits per heavy atom. The van der Waals surface area contributed by atoms with Gasteiger partial charge in [-0.05, 0) is 37.7 Å². The molecule has 4 heterocycles. The van der Waals surface area contributed by atoms with Crippen LogP contribution in [0.5, 0.6) is 0 Å². The van der Waals surface area contributed by atoms with Crippen LogP contribution in [0.1, 0.15) is 43.4 Å². The van der Waals surface area contributed by atoms with Crippen LogP contribution in [0.3, 0.4) is 0 Å². The summed E-state index contributed by atoms with van der Waals surface area (Å²) in [4.78, 5) is 19.9. The van der Waals surface area contributed by atoms with Gasteiger partial charge in [-0.25, -0.2) is 4.98 Å². The molecule has 6 heteroatoms. The number of rotatable bonds is 3. The van der Waals surface area contributed by atoms with E-state index in [4.69, 9.17) is 5.73 Å². The summed E-state index contributed by atoms with van der Waals surface area (Å²) < 4.78 is 0. The number of nitrogen functional groups attached to an aromatic ring is 1. The molecule has 2 bridgehead atoms. The zero-order chi connectivity index (χ0) is 18.4. The molecule has 1 aromatic heterocycles. The van der Waals surface area contributed by atoms with Crippen molar-refractivity contribution in [3.8, 4) is 0 Å². The number of hydrogen-bond acceptors (Lipinski definition) is 5. The van der Waals surface area contributed by atoms with Crippen LogP contribution in [0.25, 0.3) is 0 Å². The molecule has 3 atom stereocenters.